The monoisotopic (exact) mass is 350 g/mol. The normalized spacial score (nSPS) is 22.3. The number of carbonyl (C=O) groups is 3. The number of nitrogens with one attached hydrogen (secondary N) is 1. The minimum Gasteiger partial charge on any atom is -0.358 e. The van der Waals surface area contributed by atoms with Gasteiger partial charge in [0.1, 0.15) is 5.78 Å². The first-order valence-corrected chi connectivity index (χ1v) is 8.75. The molecule has 0 spiro atoms. The number of carbonyl (C=O) groups excluding carboxylic acids is 3. The molecule has 3 rings (SSSR count). The van der Waals surface area contributed by atoms with E-state index in [1.807, 2.05) is 44.2 Å². The molecule has 1 heterocycles. The van der Waals surface area contributed by atoms with E-state index in [4.69, 9.17) is 0 Å². The number of Topliss-reactive ketones (excluding diaryl/α,β-unsaturated/α-hetero) is 3. The highest BCUT2D eigenvalue weighted by molar-refractivity contribution is 6.19. The van der Waals surface area contributed by atoms with E-state index >= 15 is 0 Å². The smallest absolute Gasteiger partial charge is 0.189 e. The second-order valence-corrected chi connectivity index (χ2v) is 7.77. The third kappa shape index (κ3) is 2.57. The van der Waals surface area contributed by atoms with Crippen LogP contribution in [0.15, 0.2) is 24.3 Å². The van der Waals surface area contributed by atoms with Crippen molar-refractivity contribution in [2.45, 2.75) is 34.1 Å². The predicted molar refractivity (Wildman–Crippen MR) is 97.5 cm³/mol. The average molecular weight is 350 g/mol. The van der Waals surface area contributed by atoms with Gasteiger partial charge in [0.15, 0.2) is 17.5 Å². The van der Waals surface area contributed by atoms with Crippen LogP contribution in [0.1, 0.15) is 43.2 Å². The highest BCUT2D eigenvalue weighted by atomic mass is 16.2. The molecule has 1 N–H and O–H groups in total. The third-order valence-electron chi connectivity index (χ3n) is 5.92. The van der Waals surface area contributed by atoms with Crippen molar-refractivity contribution in [1.29, 1.82) is 5.26 Å². The van der Waals surface area contributed by atoms with Crippen LogP contribution in [0.3, 0.4) is 0 Å². The Labute approximate surface area is 152 Å². The fourth-order valence-electron chi connectivity index (χ4n) is 4.29. The topological polar surface area (TPSA) is 90.8 Å². The van der Waals surface area contributed by atoms with Gasteiger partial charge in [-0.3, -0.25) is 14.4 Å². The highest BCUT2D eigenvalue weighted by Gasteiger charge is 2.55. The summed E-state index contributed by atoms with van der Waals surface area (Å²) in [6, 6.07) is 9.26. The van der Waals surface area contributed by atoms with E-state index in [9.17, 15) is 19.6 Å². The summed E-state index contributed by atoms with van der Waals surface area (Å²) in [5.74, 6) is -2.77. The van der Waals surface area contributed by atoms with Gasteiger partial charge in [-0.1, -0.05) is 32.0 Å². The summed E-state index contributed by atoms with van der Waals surface area (Å²) < 4.78 is 0. The van der Waals surface area contributed by atoms with Crippen LogP contribution in [0.25, 0.3) is 10.9 Å². The lowest BCUT2D eigenvalue weighted by molar-refractivity contribution is -0.147. The van der Waals surface area contributed by atoms with Crippen LogP contribution < -0.4 is 0 Å². The number of hydrogen-bond donors (Lipinski definition) is 1. The van der Waals surface area contributed by atoms with Crippen molar-refractivity contribution in [3.8, 4) is 6.07 Å². The largest absolute Gasteiger partial charge is 0.358 e. The van der Waals surface area contributed by atoms with Gasteiger partial charge in [0.25, 0.3) is 0 Å². The van der Waals surface area contributed by atoms with E-state index in [1.54, 1.807) is 6.92 Å². The number of rotatable bonds is 5. The van der Waals surface area contributed by atoms with Crippen molar-refractivity contribution in [3.05, 3.63) is 35.5 Å². The number of fused-ring (bicyclic) bond motifs is 1. The Kier molecular flexibility index (Phi) is 4.31. The Morgan fingerprint density at radius 3 is 2.46 bits per heavy atom. The van der Waals surface area contributed by atoms with E-state index < -0.39 is 23.0 Å². The molecule has 0 unspecified atom stereocenters. The number of nitriles is 1. The maximum atomic E-state index is 13.1. The molecular weight excluding hydrogens is 328 g/mol. The van der Waals surface area contributed by atoms with E-state index in [1.165, 1.54) is 6.92 Å². The maximum Gasteiger partial charge on any atom is 0.189 e. The van der Waals surface area contributed by atoms with Gasteiger partial charge in [0.05, 0.1) is 6.07 Å². The second kappa shape index (κ2) is 6.21. The molecule has 5 heteroatoms. The zero-order chi connectivity index (χ0) is 19.2. The number of ketones is 3. The molecule has 1 aliphatic carbocycles. The number of aromatic nitrogens is 1. The molecule has 26 heavy (non-hydrogen) atoms. The minimum atomic E-state index is -1.34. The second-order valence-electron chi connectivity index (χ2n) is 7.77. The van der Waals surface area contributed by atoms with Crippen molar-refractivity contribution in [2.24, 2.45) is 23.2 Å². The Hall–Kier alpha value is -2.74. The molecule has 0 radical (unpaired) electrons. The molecule has 1 aromatic carbocycles. The van der Waals surface area contributed by atoms with Gasteiger partial charge in [-0.2, -0.15) is 5.26 Å². The fraction of sp³-hybridized carbons (Fsp3) is 0.429. The van der Waals surface area contributed by atoms with Crippen molar-refractivity contribution in [3.63, 3.8) is 0 Å². The summed E-state index contributed by atoms with van der Waals surface area (Å²) in [5.41, 5.74) is 1.34. The standard InChI is InChI=1S/C21H22N2O3/c1-11-18(13-7-5-6-8-17(13)23-11)20(26)14(10-22)19(25)16-9-15(12(2)24)21(16,3)4/h5-8,14-16,23H,9H2,1-4H3/t14-,15-,16+/m0/s1. The number of hydrogen-bond acceptors (Lipinski definition) is 4. The Balaban J connectivity index is 1.93. The van der Waals surface area contributed by atoms with Gasteiger partial charge < -0.3 is 4.98 Å². The van der Waals surface area contributed by atoms with Gasteiger partial charge in [-0.05, 0) is 31.7 Å². The van der Waals surface area contributed by atoms with E-state index in [-0.39, 0.29) is 17.5 Å². The Morgan fingerprint density at radius 1 is 1.23 bits per heavy atom. The SMILES string of the molecule is CC(=O)[C@@H]1C[C@H](C(=O)[C@H](C#N)C(=O)c2c(C)[nH]c3ccccc23)C1(C)C. The maximum absolute atomic E-state index is 13.1. The van der Waals surface area contributed by atoms with E-state index in [0.29, 0.717) is 17.7 Å². The van der Waals surface area contributed by atoms with Gasteiger partial charge >= 0.3 is 0 Å². The number of para-hydroxylation sites is 1. The van der Waals surface area contributed by atoms with Crippen molar-refractivity contribution in [2.75, 3.05) is 0 Å². The minimum absolute atomic E-state index is 0.0476. The number of H-pyrrole nitrogens is 1. The number of benzene rings is 1. The molecule has 3 atom stereocenters. The highest BCUT2D eigenvalue weighted by Crippen LogP contribution is 2.53. The first-order chi connectivity index (χ1) is 12.2. The Morgan fingerprint density at radius 2 is 1.88 bits per heavy atom. The summed E-state index contributed by atoms with van der Waals surface area (Å²) >= 11 is 0. The van der Waals surface area contributed by atoms with Crippen LogP contribution in [-0.4, -0.2) is 22.3 Å². The van der Waals surface area contributed by atoms with Crippen LogP contribution in [0.4, 0.5) is 0 Å². The summed E-state index contributed by atoms with van der Waals surface area (Å²) in [7, 11) is 0. The van der Waals surface area contributed by atoms with Crippen LogP contribution >= 0.6 is 0 Å². The van der Waals surface area contributed by atoms with Crippen molar-refractivity contribution < 1.29 is 14.4 Å². The lowest BCUT2D eigenvalue weighted by Gasteiger charge is -2.50. The summed E-state index contributed by atoms with van der Waals surface area (Å²) in [4.78, 5) is 40.9. The molecule has 0 amide bonds. The summed E-state index contributed by atoms with van der Waals surface area (Å²) in [6.07, 6.45) is 0.416. The molecule has 2 aromatic rings. The number of aromatic amines is 1. The van der Waals surface area contributed by atoms with Crippen molar-refractivity contribution >= 4 is 28.3 Å². The summed E-state index contributed by atoms with van der Waals surface area (Å²) in [5, 5.41) is 10.3. The molecule has 0 aliphatic heterocycles. The first-order valence-electron chi connectivity index (χ1n) is 8.75. The predicted octanol–water partition coefficient (Wildman–Crippen LogP) is 3.62. The van der Waals surface area contributed by atoms with Gasteiger partial charge in [0, 0.05) is 34.0 Å². The molecule has 1 saturated carbocycles. The average Bonchev–Trinajstić information content (AvgIpc) is 2.89. The molecule has 134 valence electrons. The molecule has 0 saturated heterocycles. The molecule has 1 aromatic heterocycles. The molecule has 1 aliphatic rings. The molecule has 1 fully saturated rings. The van der Waals surface area contributed by atoms with Crippen LogP contribution in [0.5, 0.6) is 0 Å². The van der Waals surface area contributed by atoms with Gasteiger partial charge in [0.2, 0.25) is 0 Å². The van der Waals surface area contributed by atoms with Crippen LogP contribution in [0.2, 0.25) is 0 Å². The van der Waals surface area contributed by atoms with E-state index in [2.05, 4.69) is 4.98 Å². The van der Waals surface area contributed by atoms with Crippen LogP contribution in [-0.2, 0) is 9.59 Å². The number of nitrogens with zero attached hydrogens (tertiary/aromatic N) is 1. The first kappa shape index (κ1) is 18.1. The van der Waals surface area contributed by atoms with Gasteiger partial charge in [-0.15, -0.1) is 0 Å². The van der Waals surface area contributed by atoms with Crippen LogP contribution in [0, 0.1) is 41.4 Å². The van der Waals surface area contributed by atoms with Crippen molar-refractivity contribution in [1.82, 2.24) is 4.98 Å². The quantitative estimate of drug-likeness (QED) is 0.658. The lowest BCUT2D eigenvalue weighted by Crippen LogP contribution is -2.53. The van der Waals surface area contributed by atoms with Gasteiger partial charge in [-0.25, -0.2) is 0 Å². The molecular formula is C21H22N2O3. The summed E-state index contributed by atoms with van der Waals surface area (Å²) in [6.45, 7) is 7.02. The number of aryl methyl sites for hydroxylation is 1. The lowest BCUT2D eigenvalue weighted by atomic mass is 9.51. The Bertz CT molecular complexity index is 961. The third-order valence-corrected chi connectivity index (χ3v) is 5.92. The fourth-order valence-corrected chi connectivity index (χ4v) is 4.29. The molecule has 5 nitrogen and oxygen atoms in total. The molecule has 0 bridgehead atoms. The van der Waals surface area contributed by atoms with E-state index in [0.717, 1.165) is 10.9 Å². The zero-order valence-corrected chi connectivity index (χ0v) is 15.4. The zero-order valence-electron chi connectivity index (χ0n) is 15.4.